The summed E-state index contributed by atoms with van der Waals surface area (Å²) in [7, 11) is 3.68. The van der Waals surface area contributed by atoms with E-state index in [0.717, 1.165) is 57.0 Å². The highest BCUT2D eigenvalue weighted by Gasteiger charge is 2.22. The van der Waals surface area contributed by atoms with Crippen molar-refractivity contribution in [2.75, 3.05) is 40.3 Å². The van der Waals surface area contributed by atoms with E-state index in [1.54, 1.807) is 13.3 Å². The molecule has 1 fully saturated rings. The van der Waals surface area contributed by atoms with E-state index >= 15 is 0 Å². The van der Waals surface area contributed by atoms with Gasteiger partial charge in [0.15, 0.2) is 0 Å². The summed E-state index contributed by atoms with van der Waals surface area (Å²) in [5.41, 5.74) is 1.27. The van der Waals surface area contributed by atoms with Crippen molar-refractivity contribution in [3.63, 3.8) is 0 Å². The number of carbonyl (C=O) groups is 1. The Morgan fingerprint density at radius 2 is 2.00 bits per heavy atom. The number of carbonyl (C=O) groups excluding carboxylic acids is 1. The second kappa shape index (κ2) is 10.4. The SMILES string of the molecule is COc1ccccc1CCN1CCC(CN(C)C(=O)CCn2ccnc2C)CC1. The highest BCUT2D eigenvalue weighted by atomic mass is 16.5. The first-order valence-electron chi connectivity index (χ1n) is 10.6. The lowest BCUT2D eigenvalue weighted by atomic mass is 9.96. The van der Waals surface area contributed by atoms with Crippen molar-refractivity contribution >= 4 is 5.91 Å². The molecule has 0 N–H and O–H groups in total. The van der Waals surface area contributed by atoms with Crippen LogP contribution in [0, 0.1) is 12.8 Å². The third-order valence-electron chi connectivity index (χ3n) is 6.05. The molecule has 6 nitrogen and oxygen atoms in total. The van der Waals surface area contributed by atoms with Gasteiger partial charge in [0.25, 0.3) is 0 Å². The number of amides is 1. The second-order valence-electron chi connectivity index (χ2n) is 8.04. The van der Waals surface area contributed by atoms with E-state index in [9.17, 15) is 4.79 Å². The molecule has 1 aliphatic rings. The maximum atomic E-state index is 12.5. The van der Waals surface area contributed by atoms with Crippen molar-refractivity contribution in [3.8, 4) is 5.75 Å². The van der Waals surface area contributed by atoms with Crippen LogP contribution in [0.1, 0.15) is 30.7 Å². The molecule has 0 unspecified atom stereocenters. The van der Waals surface area contributed by atoms with Crippen LogP contribution >= 0.6 is 0 Å². The first kappa shape index (κ1) is 21.4. The van der Waals surface area contributed by atoms with E-state index in [-0.39, 0.29) is 5.91 Å². The Hall–Kier alpha value is -2.34. The maximum Gasteiger partial charge on any atom is 0.224 e. The number of piperidine rings is 1. The van der Waals surface area contributed by atoms with Gasteiger partial charge in [0.05, 0.1) is 7.11 Å². The zero-order valence-electron chi connectivity index (χ0n) is 18.0. The van der Waals surface area contributed by atoms with Crippen LogP contribution in [0.4, 0.5) is 0 Å². The van der Waals surface area contributed by atoms with Crippen molar-refractivity contribution in [1.29, 1.82) is 0 Å². The van der Waals surface area contributed by atoms with E-state index in [1.165, 1.54) is 5.56 Å². The molecule has 0 radical (unpaired) electrons. The minimum atomic E-state index is 0.219. The Bertz CT molecular complexity index is 781. The molecule has 3 rings (SSSR count). The standard InChI is InChI=1S/C23H34N4O2/c1-19-24-12-17-27(19)16-11-23(28)25(2)18-20-8-13-26(14-9-20)15-10-21-6-4-5-7-22(21)29-3/h4-7,12,17,20H,8-11,13-16,18H2,1-3H3. The lowest BCUT2D eigenvalue weighted by Crippen LogP contribution is -2.40. The summed E-state index contributed by atoms with van der Waals surface area (Å²) in [5, 5.41) is 0. The molecule has 0 atom stereocenters. The molecular formula is C23H34N4O2. The van der Waals surface area contributed by atoms with Gasteiger partial charge in [0, 0.05) is 45.5 Å². The Morgan fingerprint density at radius 1 is 1.24 bits per heavy atom. The minimum absolute atomic E-state index is 0.219. The van der Waals surface area contributed by atoms with E-state index in [2.05, 4.69) is 22.0 Å². The predicted molar refractivity (Wildman–Crippen MR) is 115 cm³/mol. The van der Waals surface area contributed by atoms with Crippen molar-refractivity contribution in [3.05, 3.63) is 48.0 Å². The third kappa shape index (κ3) is 6.07. The number of ether oxygens (including phenoxy) is 1. The summed E-state index contributed by atoms with van der Waals surface area (Å²) in [6.45, 7) is 6.81. The Labute approximate surface area is 174 Å². The Morgan fingerprint density at radius 3 is 2.69 bits per heavy atom. The molecule has 1 aliphatic heterocycles. The number of benzene rings is 1. The summed E-state index contributed by atoms with van der Waals surface area (Å²) >= 11 is 0. The molecule has 0 aliphatic carbocycles. The summed E-state index contributed by atoms with van der Waals surface area (Å²) in [6.07, 6.45) is 7.58. The predicted octanol–water partition coefficient (Wildman–Crippen LogP) is 3.00. The van der Waals surface area contributed by atoms with E-state index < -0.39 is 0 Å². The van der Waals surface area contributed by atoms with Gasteiger partial charge in [-0.25, -0.2) is 4.98 Å². The zero-order valence-corrected chi connectivity index (χ0v) is 18.0. The van der Waals surface area contributed by atoms with Crippen LogP contribution in [0.5, 0.6) is 5.75 Å². The van der Waals surface area contributed by atoms with Crippen LogP contribution in [0.3, 0.4) is 0 Å². The van der Waals surface area contributed by atoms with Gasteiger partial charge in [0.2, 0.25) is 5.91 Å². The summed E-state index contributed by atoms with van der Waals surface area (Å²) < 4.78 is 7.49. The van der Waals surface area contributed by atoms with Crippen molar-refractivity contribution in [2.45, 2.75) is 39.2 Å². The lowest BCUT2D eigenvalue weighted by Gasteiger charge is -2.34. The maximum absolute atomic E-state index is 12.5. The number of imidazole rings is 1. The fourth-order valence-electron chi connectivity index (χ4n) is 4.12. The van der Waals surface area contributed by atoms with Crippen LogP contribution < -0.4 is 4.74 Å². The number of hydrogen-bond acceptors (Lipinski definition) is 4. The molecule has 2 aromatic rings. The molecular weight excluding hydrogens is 364 g/mol. The number of methoxy groups -OCH3 is 1. The zero-order chi connectivity index (χ0) is 20.6. The number of nitrogens with zero attached hydrogens (tertiary/aromatic N) is 4. The fourth-order valence-corrected chi connectivity index (χ4v) is 4.12. The van der Waals surface area contributed by atoms with Crippen LogP contribution in [-0.4, -0.2) is 65.6 Å². The van der Waals surface area contributed by atoms with Gasteiger partial charge < -0.3 is 19.1 Å². The van der Waals surface area contributed by atoms with Gasteiger partial charge in [-0.05, 0) is 56.8 Å². The topological polar surface area (TPSA) is 50.6 Å². The van der Waals surface area contributed by atoms with Gasteiger partial charge >= 0.3 is 0 Å². The Balaban J connectivity index is 1.36. The number of rotatable bonds is 9. The van der Waals surface area contributed by atoms with Crippen LogP contribution in [0.2, 0.25) is 0 Å². The van der Waals surface area contributed by atoms with Crippen molar-refractivity contribution in [1.82, 2.24) is 19.4 Å². The number of likely N-dealkylation sites (tertiary alicyclic amines) is 1. The first-order chi connectivity index (χ1) is 14.1. The van der Waals surface area contributed by atoms with Crippen LogP contribution in [-0.2, 0) is 17.8 Å². The molecule has 1 aromatic carbocycles. The molecule has 0 spiro atoms. The first-order valence-corrected chi connectivity index (χ1v) is 10.6. The third-order valence-corrected chi connectivity index (χ3v) is 6.05. The molecule has 6 heteroatoms. The van der Waals surface area contributed by atoms with Crippen molar-refractivity contribution in [2.24, 2.45) is 5.92 Å². The molecule has 29 heavy (non-hydrogen) atoms. The van der Waals surface area contributed by atoms with Crippen LogP contribution in [0.25, 0.3) is 0 Å². The number of aromatic nitrogens is 2. The van der Waals surface area contributed by atoms with Gasteiger partial charge in [-0.1, -0.05) is 18.2 Å². The van der Waals surface area contributed by atoms with Crippen LogP contribution in [0.15, 0.2) is 36.7 Å². The second-order valence-corrected chi connectivity index (χ2v) is 8.04. The molecule has 1 saturated heterocycles. The number of hydrogen-bond donors (Lipinski definition) is 0. The molecule has 1 amide bonds. The summed E-state index contributed by atoms with van der Waals surface area (Å²) in [5.74, 6) is 2.76. The van der Waals surface area contributed by atoms with Crippen molar-refractivity contribution < 1.29 is 9.53 Å². The van der Waals surface area contributed by atoms with E-state index in [4.69, 9.17) is 4.74 Å². The minimum Gasteiger partial charge on any atom is -0.496 e. The van der Waals surface area contributed by atoms with Gasteiger partial charge in [-0.15, -0.1) is 0 Å². The highest BCUT2D eigenvalue weighted by Crippen LogP contribution is 2.21. The summed E-state index contributed by atoms with van der Waals surface area (Å²) in [6, 6.07) is 8.27. The van der Waals surface area contributed by atoms with Gasteiger partial charge in [-0.2, -0.15) is 0 Å². The number of para-hydroxylation sites is 1. The normalized spacial score (nSPS) is 15.4. The lowest BCUT2D eigenvalue weighted by molar-refractivity contribution is -0.130. The number of aryl methyl sites for hydroxylation is 2. The van der Waals surface area contributed by atoms with Gasteiger partial charge in [0.1, 0.15) is 11.6 Å². The largest absolute Gasteiger partial charge is 0.496 e. The van der Waals surface area contributed by atoms with Gasteiger partial charge in [-0.3, -0.25) is 4.79 Å². The van der Waals surface area contributed by atoms with E-state index in [1.807, 2.05) is 41.8 Å². The molecule has 0 saturated carbocycles. The Kier molecular flexibility index (Phi) is 7.69. The molecule has 158 valence electrons. The summed E-state index contributed by atoms with van der Waals surface area (Å²) in [4.78, 5) is 21.1. The smallest absolute Gasteiger partial charge is 0.224 e. The molecule has 1 aromatic heterocycles. The molecule has 2 heterocycles. The average molecular weight is 399 g/mol. The monoisotopic (exact) mass is 398 g/mol. The van der Waals surface area contributed by atoms with E-state index in [0.29, 0.717) is 18.9 Å². The highest BCUT2D eigenvalue weighted by molar-refractivity contribution is 5.75. The molecule has 0 bridgehead atoms. The average Bonchev–Trinajstić information content (AvgIpc) is 3.16. The fraction of sp³-hybridized carbons (Fsp3) is 0.565. The quantitative estimate of drug-likeness (QED) is 0.652.